The van der Waals surface area contributed by atoms with Crippen molar-refractivity contribution in [3.63, 3.8) is 0 Å². The second-order valence-electron chi connectivity index (χ2n) is 7.56. The molecule has 4 heterocycles. The summed E-state index contributed by atoms with van der Waals surface area (Å²) in [4.78, 5) is 8.81. The Morgan fingerprint density at radius 1 is 0.964 bits per heavy atom. The van der Waals surface area contributed by atoms with Crippen molar-refractivity contribution < 1.29 is 0 Å². The minimum absolute atomic E-state index is 0.625. The maximum atomic E-state index is 6.33. The predicted octanol–water partition coefficient (Wildman–Crippen LogP) is 4.90. The van der Waals surface area contributed by atoms with Gasteiger partial charge in [0, 0.05) is 29.2 Å². The molecule has 5 rings (SSSR count). The topological polar surface area (TPSA) is 70.6 Å². The molecule has 3 aromatic heterocycles. The van der Waals surface area contributed by atoms with Crippen LogP contribution in [-0.4, -0.2) is 38.7 Å². The van der Waals surface area contributed by atoms with E-state index in [1.54, 1.807) is 11.3 Å². The van der Waals surface area contributed by atoms with Crippen LogP contribution in [0, 0.1) is 0 Å². The van der Waals surface area contributed by atoms with Crippen LogP contribution in [0.1, 0.15) is 49.8 Å². The highest BCUT2D eigenvalue weighted by molar-refractivity contribution is 7.19. The molecule has 28 heavy (non-hydrogen) atoms. The predicted molar refractivity (Wildman–Crippen MR) is 113 cm³/mol. The molecule has 1 fully saturated rings. The van der Waals surface area contributed by atoms with E-state index in [4.69, 9.17) is 16.6 Å². The molecule has 3 aromatic rings. The Morgan fingerprint density at radius 3 is 2.54 bits per heavy atom. The monoisotopic (exact) mass is 414 g/mol. The van der Waals surface area contributed by atoms with Gasteiger partial charge in [-0.05, 0) is 67.9 Å². The van der Waals surface area contributed by atoms with Crippen LogP contribution in [0.5, 0.6) is 0 Å². The number of thiophene rings is 1. The molecular weight excluding hydrogens is 392 g/mol. The number of H-pyrrole nitrogens is 1. The zero-order chi connectivity index (χ0) is 18.9. The molecule has 0 radical (unpaired) electrons. The van der Waals surface area contributed by atoms with E-state index in [0.717, 1.165) is 41.6 Å². The third-order valence-corrected chi connectivity index (χ3v) is 7.00. The number of halogens is 1. The number of anilines is 1. The lowest BCUT2D eigenvalue weighted by atomic mass is 9.94. The van der Waals surface area contributed by atoms with Crippen LogP contribution in [0.3, 0.4) is 0 Å². The molecule has 146 valence electrons. The molecule has 1 aliphatic carbocycles. The largest absolute Gasteiger partial charge is 0.356 e. The number of tetrazole rings is 1. The lowest BCUT2D eigenvalue weighted by molar-refractivity contribution is 0.573. The Kier molecular flexibility index (Phi) is 5.03. The normalized spacial score (nSPS) is 17.4. The van der Waals surface area contributed by atoms with Gasteiger partial charge in [0.25, 0.3) is 0 Å². The number of aryl methyl sites for hydroxylation is 1. The van der Waals surface area contributed by atoms with Gasteiger partial charge in [0.1, 0.15) is 5.82 Å². The summed E-state index contributed by atoms with van der Waals surface area (Å²) in [6, 6.07) is 4.10. The summed E-state index contributed by atoms with van der Waals surface area (Å²) in [7, 11) is 0. The molecule has 8 heteroatoms. The number of hydrogen-bond acceptors (Lipinski definition) is 6. The second-order valence-corrected chi connectivity index (χ2v) is 9.27. The summed E-state index contributed by atoms with van der Waals surface area (Å²) in [5, 5.41) is 15.2. The molecule has 1 aliphatic heterocycles. The highest BCUT2D eigenvalue weighted by Gasteiger charge is 2.29. The quantitative estimate of drug-likeness (QED) is 0.617. The van der Waals surface area contributed by atoms with Crippen molar-refractivity contribution in [2.24, 2.45) is 0 Å². The van der Waals surface area contributed by atoms with E-state index < -0.39 is 0 Å². The lowest BCUT2D eigenvalue weighted by Gasteiger charge is -2.31. The molecule has 6 nitrogen and oxygen atoms in total. The molecule has 0 bridgehead atoms. The summed E-state index contributed by atoms with van der Waals surface area (Å²) in [6.07, 6.45) is 9.40. The summed E-state index contributed by atoms with van der Waals surface area (Å²) in [5.41, 5.74) is 4.81. The molecule has 0 aromatic carbocycles. The minimum atomic E-state index is 0.625. The van der Waals surface area contributed by atoms with E-state index in [1.807, 2.05) is 6.07 Å². The standard InChI is InChI=1S/C20H23ClN6S/c21-16-10-9-15(28-16)17-13-7-3-1-4-8-14(13)22-20(27-11-5-2-6-12-27)18(17)19-23-25-26-24-19/h9-10H,1-8,11-12H2,(H,23,24,25,26). The van der Waals surface area contributed by atoms with Gasteiger partial charge in [-0.1, -0.05) is 18.0 Å². The van der Waals surface area contributed by atoms with Gasteiger partial charge in [-0.2, -0.15) is 5.21 Å². The van der Waals surface area contributed by atoms with Gasteiger partial charge in [-0.3, -0.25) is 0 Å². The average Bonchev–Trinajstić information content (AvgIpc) is 3.34. The average molecular weight is 415 g/mol. The van der Waals surface area contributed by atoms with Crippen LogP contribution in [-0.2, 0) is 12.8 Å². The first-order valence-electron chi connectivity index (χ1n) is 10.1. The summed E-state index contributed by atoms with van der Waals surface area (Å²) in [6.45, 7) is 2.06. The van der Waals surface area contributed by atoms with Crippen LogP contribution in [0.4, 0.5) is 5.82 Å². The summed E-state index contributed by atoms with van der Waals surface area (Å²) < 4.78 is 0.799. The maximum Gasteiger partial charge on any atom is 0.209 e. The van der Waals surface area contributed by atoms with Gasteiger partial charge < -0.3 is 4.90 Å². The number of hydrogen-bond donors (Lipinski definition) is 1. The third kappa shape index (κ3) is 3.31. The smallest absolute Gasteiger partial charge is 0.209 e. The Balaban J connectivity index is 1.80. The second kappa shape index (κ2) is 7.79. The number of aromatic amines is 1. The zero-order valence-corrected chi connectivity index (χ0v) is 17.3. The van der Waals surface area contributed by atoms with Gasteiger partial charge in [0.2, 0.25) is 5.82 Å². The number of aromatic nitrogens is 5. The van der Waals surface area contributed by atoms with Crippen molar-refractivity contribution in [1.29, 1.82) is 0 Å². The molecular formula is C20H23ClN6S. The van der Waals surface area contributed by atoms with E-state index in [0.29, 0.717) is 5.82 Å². The first-order chi connectivity index (χ1) is 13.8. The van der Waals surface area contributed by atoms with Crippen molar-refractivity contribution in [3.05, 3.63) is 27.7 Å². The Bertz CT molecular complexity index is 961. The fourth-order valence-corrected chi connectivity index (χ4v) is 5.56. The van der Waals surface area contributed by atoms with E-state index in [1.165, 1.54) is 60.2 Å². The number of nitrogens with zero attached hydrogens (tertiary/aromatic N) is 5. The molecule has 0 spiro atoms. The Morgan fingerprint density at radius 2 is 1.79 bits per heavy atom. The van der Waals surface area contributed by atoms with E-state index in [2.05, 4.69) is 31.6 Å². The molecule has 0 saturated carbocycles. The Labute approximate surface area is 173 Å². The molecule has 0 atom stereocenters. The van der Waals surface area contributed by atoms with E-state index in [-0.39, 0.29) is 0 Å². The Hall–Kier alpha value is -1.99. The highest BCUT2D eigenvalue weighted by Crippen LogP contribution is 2.45. The van der Waals surface area contributed by atoms with Crippen LogP contribution >= 0.6 is 22.9 Å². The molecule has 0 amide bonds. The number of rotatable bonds is 3. The SMILES string of the molecule is Clc1ccc(-c2c3c(nc(N4CCCCC4)c2-c2nn[nH]n2)CCCCC3)s1. The van der Waals surface area contributed by atoms with Crippen LogP contribution < -0.4 is 4.90 Å². The van der Waals surface area contributed by atoms with Crippen molar-refractivity contribution in [2.75, 3.05) is 18.0 Å². The van der Waals surface area contributed by atoms with Crippen molar-refractivity contribution in [1.82, 2.24) is 25.6 Å². The number of nitrogens with one attached hydrogen (secondary N) is 1. The van der Waals surface area contributed by atoms with E-state index in [9.17, 15) is 0 Å². The van der Waals surface area contributed by atoms with Gasteiger partial charge in [-0.15, -0.1) is 21.5 Å². The molecule has 0 unspecified atom stereocenters. The van der Waals surface area contributed by atoms with Crippen LogP contribution in [0.15, 0.2) is 12.1 Å². The van der Waals surface area contributed by atoms with Crippen molar-refractivity contribution >= 4 is 28.8 Å². The van der Waals surface area contributed by atoms with Crippen molar-refractivity contribution in [2.45, 2.75) is 51.4 Å². The summed E-state index contributed by atoms with van der Waals surface area (Å²) in [5.74, 6) is 1.64. The van der Waals surface area contributed by atoms with Crippen molar-refractivity contribution in [3.8, 4) is 21.8 Å². The fourth-order valence-electron chi connectivity index (χ4n) is 4.44. The van der Waals surface area contributed by atoms with Gasteiger partial charge >= 0.3 is 0 Å². The minimum Gasteiger partial charge on any atom is -0.356 e. The van der Waals surface area contributed by atoms with Crippen LogP contribution in [0.25, 0.3) is 21.8 Å². The fraction of sp³-hybridized carbons (Fsp3) is 0.500. The molecule has 1 N–H and O–H groups in total. The van der Waals surface area contributed by atoms with Gasteiger partial charge in [0.15, 0.2) is 0 Å². The first kappa shape index (κ1) is 18.1. The zero-order valence-electron chi connectivity index (χ0n) is 15.7. The lowest BCUT2D eigenvalue weighted by Crippen LogP contribution is -2.31. The van der Waals surface area contributed by atoms with Gasteiger partial charge in [0.05, 0.1) is 9.90 Å². The number of pyridine rings is 1. The molecule has 2 aliphatic rings. The van der Waals surface area contributed by atoms with E-state index >= 15 is 0 Å². The van der Waals surface area contributed by atoms with Gasteiger partial charge in [-0.25, -0.2) is 4.98 Å². The number of piperidine rings is 1. The summed E-state index contributed by atoms with van der Waals surface area (Å²) >= 11 is 7.95. The van der Waals surface area contributed by atoms with Crippen LogP contribution in [0.2, 0.25) is 4.34 Å². The maximum absolute atomic E-state index is 6.33. The highest BCUT2D eigenvalue weighted by atomic mass is 35.5. The third-order valence-electron chi connectivity index (χ3n) is 5.75. The first-order valence-corrected chi connectivity index (χ1v) is 11.3. The number of fused-ring (bicyclic) bond motifs is 1. The molecule has 1 saturated heterocycles.